The van der Waals surface area contributed by atoms with Crippen LogP contribution in [0.2, 0.25) is 13.1 Å². The van der Waals surface area contributed by atoms with Gasteiger partial charge < -0.3 is 9.47 Å². The van der Waals surface area contributed by atoms with E-state index in [9.17, 15) is 0 Å². The number of benzene rings is 6. The zero-order valence-electron chi connectivity index (χ0n) is 25.4. The van der Waals surface area contributed by atoms with Crippen molar-refractivity contribution in [3.8, 4) is 11.4 Å². The molecule has 0 amide bonds. The van der Waals surface area contributed by atoms with Crippen LogP contribution in [0.3, 0.4) is 0 Å². The molecule has 0 unspecified atom stereocenters. The monoisotopic (exact) mass is 777 g/mol. The summed E-state index contributed by atoms with van der Waals surface area (Å²) in [6.45, 7) is 6.94. The molecule has 0 saturated carbocycles. The molecule has 7 aromatic rings. The van der Waals surface area contributed by atoms with Gasteiger partial charge in [0, 0.05) is 5.69 Å². The SMILES string of the molecule is C[Si]1(C)c2ccc[c-]c2N(c2[c-]cccc2)c2ccccc21.Cc1ccc(-[n+]2[c-]n(-c3[c-]cccc3)c3ccccc32)cc1.[Pt+4]. The normalized spacial score (nSPS) is 12.7. The van der Waals surface area contributed by atoms with E-state index in [0.29, 0.717) is 0 Å². The fourth-order valence-electron chi connectivity index (χ4n) is 6.00. The van der Waals surface area contributed by atoms with Crippen LogP contribution in [0, 0.1) is 31.5 Å². The van der Waals surface area contributed by atoms with Crippen molar-refractivity contribution in [3.05, 3.63) is 170 Å². The van der Waals surface area contributed by atoms with E-state index in [1.807, 2.05) is 42.5 Å². The zero-order chi connectivity index (χ0) is 30.1. The predicted octanol–water partition coefficient (Wildman–Crippen LogP) is 7.71. The van der Waals surface area contributed by atoms with E-state index in [2.05, 4.69) is 156 Å². The van der Waals surface area contributed by atoms with E-state index in [1.165, 1.54) is 27.3 Å². The van der Waals surface area contributed by atoms with E-state index in [-0.39, 0.29) is 21.1 Å². The average Bonchev–Trinajstić information content (AvgIpc) is 3.46. The molecule has 5 heteroatoms. The Hall–Kier alpha value is -4.50. The van der Waals surface area contributed by atoms with Crippen molar-refractivity contribution in [2.75, 3.05) is 4.90 Å². The third-order valence-electron chi connectivity index (χ3n) is 8.27. The molecule has 0 saturated heterocycles. The second-order valence-corrected chi connectivity index (χ2v) is 15.8. The molecule has 2 heterocycles. The predicted molar refractivity (Wildman–Crippen MR) is 183 cm³/mol. The largest absolute Gasteiger partial charge is 4.00 e. The van der Waals surface area contributed by atoms with Gasteiger partial charge in [-0.25, -0.2) is 0 Å². The van der Waals surface area contributed by atoms with Crippen molar-refractivity contribution >= 4 is 46.5 Å². The topological polar surface area (TPSA) is 12.1 Å². The van der Waals surface area contributed by atoms with Crippen LogP contribution in [0.25, 0.3) is 22.4 Å². The van der Waals surface area contributed by atoms with Gasteiger partial charge >= 0.3 is 21.1 Å². The van der Waals surface area contributed by atoms with Crippen LogP contribution in [-0.2, 0) is 21.1 Å². The first-order valence-electron chi connectivity index (χ1n) is 14.9. The van der Waals surface area contributed by atoms with Gasteiger partial charge in [0.2, 0.25) is 0 Å². The van der Waals surface area contributed by atoms with Crippen molar-refractivity contribution in [3.63, 3.8) is 0 Å². The molecule has 0 atom stereocenters. The molecule has 0 bridgehead atoms. The van der Waals surface area contributed by atoms with Crippen molar-refractivity contribution in [2.24, 2.45) is 0 Å². The van der Waals surface area contributed by atoms with E-state index in [4.69, 9.17) is 0 Å². The molecule has 0 spiro atoms. The number of hydrogen-bond donors (Lipinski definition) is 0. The molecule has 45 heavy (non-hydrogen) atoms. The third-order valence-corrected chi connectivity index (χ3v) is 11.8. The molecule has 1 aliphatic rings. The Kier molecular flexibility index (Phi) is 8.71. The summed E-state index contributed by atoms with van der Waals surface area (Å²) in [7, 11) is -1.69. The number of aromatic nitrogens is 2. The molecule has 1 aliphatic heterocycles. The fraction of sp³-hybridized carbons (Fsp3) is 0.0750. The van der Waals surface area contributed by atoms with Crippen LogP contribution < -0.4 is 19.8 Å². The first-order chi connectivity index (χ1) is 21.5. The molecule has 0 aliphatic carbocycles. The van der Waals surface area contributed by atoms with Gasteiger partial charge in [-0.2, -0.15) is 78.9 Å². The van der Waals surface area contributed by atoms with E-state index < -0.39 is 8.07 Å². The minimum absolute atomic E-state index is 0. The number of rotatable bonds is 3. The number of fused-ring (bicyclic) bond motifs is 3. The first-order valence-corrected chi connectivity index (χ1v) is 17.9. The summed E-state index contributed by atoms with van der Waals surface area (Å²) in [5.41, 5.74) is 9.12. The molecule has 0 fully saturated rings. The fourth-order valence-corrected chi connectivity index (χ4v) is 8.93. The smallest absolute Gasteiger partial charge is 0.359 e. The van der Waals surface area contributed by atoms with E-state index >= 15 is 0 Å². The average molecular weight is 778 g/mol. The van der Waals surface area contributed by atoms with Gasteiger partial charge in [0.1, 0.15) is 0 Å². The van der Waals surface area contributed by atoms with E-state index in [0.717, 1.165) is 28.1 Å². The number of aryl methyl sites for hydroxylation is 1. The molecule has 0 radical (unpaired) electrons. The molecular formula is C40H32N3PtSi+. The van der Waals surface area contributed by atoms with Crippen molar-refractivity contribution in [2.45, 2.75) is 20.0 Å². The van der Waals surface area contributed by atoms with Gasteiger partial charge in [0.25, 0.3) is 6.33 Å². The van der Waals surface area contributed by atoms with Crippen LogP contribution in [-0.4, -0.2) is 12.6 Å². The minimum Gasteiger partial charge on any atom is -0.359 e. The number of anilines is 3. The second-order valence-electron chi connectivity index (χ2n) is 11.5. The maximum Gasteiger partial charge on any atom is 4.00 e. The standard InChI is InChI=1S/C20H15N2.C20H17NSi.Pt/c1-16-11-13-18(14-12-16)22-15-21(17-7-3-2-4-8-17)19-9-5-6-10-20(19)22;1-22(2)19-14-8-6-12-17(19)21(16-10-4-3-5-11-16)18-13-7-9-15-20(18)22;/h2-7,9-14H,1H3;3-10,12,14-15H,1-2H3;/q-1;-2;+4. The summed E-state index contributed by atoms with van der Waals surface area (Å²) in [6, 6.07) is 58.2. The Morgan fingerprint density at radius 1 is 0.600 bits per heavy atom. The number of nitrogens with zero attached hydrogens (tertiary/aromatic N) is 3. The summed E-state index contributed by atoms with van der Waals surface area (Å²) in [6.07, 6.45) is 3.44. The molecule has 8 rings (SSSR count). The van der Waals surface area contributed by atoms with Crippen LogP contribution >= 0.6 is 0 Å². The molecule has 1 aromatic heterocycles. The maximum atomic E-state index is 3.47. The van der Waals surface area contributed by atoms with Gasteiger partial charge in [-0.1, -0.05) is 84.6 Å². The number of hydrogen-bond acceptors (Lipinski definition) is 1. The van der Waals surface area contributed by atoms with Gasteiger partial charge in [-0.15, -0.1) is 11.3 Å². The van der Waals surface area contributed by atoms with Gasteiger partial charge in [-0.3, -0.25) is 4.57 Å². The van der Waals surface area contributed by atoms with Crippen LogP contribution in [0.1, 0.15) is 5.56 Å². The Balaban J connectivity index is 0.000000155. The summed E-state index contributed by atoms with van der Waals surface area (Å²) < 4.78 is 4.14. The summed E-state index contributed by atoms with van der Waals surface area (Å²) in [5.74, 6) is 0. The Morgan fingerprint density at radius 3 is 1.96 bits per heavy atom. The number of para-hydroxylation sites is 6. The summed E-state index contributed by atoms with van der Waals surface area (Å²) in [5, 5.41) is 2.91. The Bertz CT molecular complexity index is 2000. The molecule has 6 aromatic carbocycles. The Labute approximate surface area is 281 Å². The van der Waals surface area contributed by atoms with Crippen molar-refractivity contribution in [1.29, 1.82) is 0 Å². The number of imidazole rings is 1. The summed E-state index contributed by atoms with van der Waals surface area (Å²) >= 11 is 0. The first kappa shape index (κ1) is 30.5. The van der Waals surface area contributed by atoms with E-state index in [1.54, 1.807) is 0 Å². The van der Waals surface area contributed by atoms with Gasteiger partial charge in [0.15, 0.2) is 0 Å². The van der Waals surface area contributed by atoms with Crippen molar-refractivity contribution < 1.29 is 25.6 Å². The van der Waals surface area contributed by atoms with Crippen molar-refractivity contribution in [1.82, 2.24) is 4.57 Å². The second kappa shape index (κ2) is 12.8. The van der Waals surface area contributed by atoms with Crippen LogP contribution in [0.15, 0.2) is 140 Å². The van der Waals surface area contributed by atoms with Crippen LogP contribution in [0.4, 0.5) is 17.1 Å². The van der Waals surface area contributed by atoms with Crippen LogP contribution in [0.5, 0.6) is 0 Å². The molecule has 220 valence electrons. The summed E-state index contributed by atoms with van der Waals surface area (Å²) in [4.78, 5) is 2.29. The quantitative estimate of drug-likeness (QED) is 0.102. The molecular weight excluding hydrogens is 746 g/mol. The Morgan fingerprint density at radius 2 is 1.22 bits per heavy atom. The molecule has 3 nitrogen and oxygen atoms in total. The maximum absolute atomic E-state index is 3.47. The molecule has 0 N–H and O–H groups in total. The van der Waals surface area contributed by atoms with Gasteiger partial charge in [0.05, 0.1) is 24.8 Å². The van der Waals surface area contributed by atoms with Gasteiger partial charge in [-0.05, 0) is 36.0 Å². The zero-order valence-corrected chi connectivity index (χ0v) is 28.7. The third kappa shape index (κ3) is 5.72. The minimum atomic E-state index is -1.69.